The summed E-state index contributed by atoms with van der Waals surface area (Å²) in [4.78, 5) is 54.1. The number of hydrogen-bond donors (Lipinski definition) is 8. The number of aliphatic hydroxyl groups excluding tert-OH is 3. The van der Waals surface area contributed by atoms with Gasteiger partial charge in [-0.25, -0.2) is 19.5 Å². The molecule has 0 amide bonds. The van der Waals surface area contributed by atoms with Crippen LogP contribution in [0.4, 0.5) is 11.9 Å². The number of rotatable bonds is 10. The number of phosphoric acid groups is 1. The van der Waals surface area contributed by atoms with Crippen LogP contribution in [0.2, 0.25) is 0 Å². The minimum absolute atomic E-state index is 0.0822. The van der Waals surface area contributed by atoms with E-state index in [9.17, 15) is 34.1 Å². The van der Waals surface area contributed by atoms with Crippen molar-refractivity contribution in [3.05, 3.63) is 29.2 Å². The van der Waals surface area contributed by atoms with Gasteiger partial charge in [-0.1, -0.05) is 0 Å². The van der Waals surface area contributed by atoms with E-state index in [1.54, 1.807) is 0 Å². The molecular weight excluding hydrogens is 650 g/mol. The summed E-state index contributed by atoms with van der Waals surface area (Å²) < 4.78 is 53.0. The fraction of sp³-hybridized carbons (Fsp3) is 0.500. The maximum Gasteiger partial charge on any atom is 0.472 e. The molecule has 25 heteroatoms. The normalized spacial score (nSPS) is 30.7. The van der Waals surface area contributed by atoms with E-state index in [0.29, 0.717) is 5.52 Å². The molecular formula is C20H26N10O13P2. The fourth-order valence-corrected chi connectivity index (χ4v) is 6.19. The zero-order valence-corrected chi connectivity index (χ0v) is 24.4. The van der Waals surface area contributed by atoms with Crippen LogP contribution in [0.15, 0.2) is 23.6 Å². The topological polar surface area (TPSA) is 341 Å². The Kier molecular flexibility index (Phi) is 8.45. The molecule has 0 bridgehead atoms. The number of imidazole rings is 2. The van der Waals surface area contributed by atoms with Crippen molar-refractivity contribution >= 4 is 50.3 Å². The molecule has 4 aromatic heterocycles. The number of aliphatic hydroxyl groups is 3. The molecule has 10 atom stereocenters. The van der Waals surface area contributed by atoms with E-state index in [1.807, 2.05) is 0 Å². The zero-order valence-electron chi connectivity index (χ0n) is 22.5. The average molecular weight is 676 g/mol. The maximum absolute atomic E-state index is 13.1. The minimum Gasteiger partial charge on any atom is -0.387 e. The number of aromatic nitrogens is 8. The lowest BCUT2D eigenvalue weighted by Gasteiger charge is -2.25. The Bertz CT molecular complexity index is 1850. The first-order valence-electron chi connectivity index (χ1n) is 12.9. The number of anilines is 2. The van der Waals surface area contributed by atoms with Crippen LogP contribution in [0.3, 0.4) is 0 Å². The molecule has 4 aromatic rings. The molecule has 244 valence electrons. The molecule has 10 N–H and O–H groups in total. The van der Waals surface area contributed by atoms with E-state index in [2.05, 4.69) is 34.4 Å². The van der Waals surface area contributed by atoms with Crippen molar-refractivity contribution in [1.29, 1.82) is 0 Å². The standard InChI is InChI=1S/C20H26N10O13P2/c21-19-23-1-6-14(26-19)29(4-24-6)17-12(33)10(31)8(41-17)3-40-45(37,38)43-13-11(32)7(2-39-44(35)36)42-18(13)30-5-25-9-15(30)27-20(22)28-16(9)34/h1,4-5,7-8,10-13,17-18,31-33,44H,2-3H2,(H,35,36)(H,37,38)(H2,21,23,26)(H3,22,27,28,34)/t7-,8-,10-,11-,12-,13-,17-,18-/m1/s1. The van der Waals surface area contributed by atoms with Gasteiger partial charge in [-0.3, -0.25) is 32.5 Å². The summed E-state index contributed by atoms with van der Waals surface area (Å²) in [5.74, 6) is -0.378. The summed E-state index contributed by atoms with van der Waals surface area (Å²) in [5.41, 5.74) is 10.7. The van der Waals surface area contributed by atoms with Crippen LogP contribution >= 0.6 is 16.1 Å². The van der Waals surface area contributed by atoms with E-state index < -0.39 is 83.9 Å². The van der Waals surface area contributed by atoms with E-state index >= 15 is 0 Å². The molecule has 6 rings (SSSR count). The Morgan fingerprint density at radius 3 is 2.42 bits per heavy atom. The number of ether oxygens (including phenoxy) is 2. The number of aromatic amines is 1. The Labute approximate surface area is 249 Å². The SMILES string of the molecule is Nc1ncc2ncn([C@@H]3O[C@H](COP(=O)(O)O[C@@H]4[C@H](O)[C@@H](CO[PH](=O)O)O[C@H]4n4cnc5c(=O)[nH]c(N)nc54)[C@@H](O)[C@H]3O)c2n1. The minimum atomic E-state index is -5.15. The second kappa shape index (κ2) is 12.1. The lowest BCUT2D eigenvalue weighted by Crippen LogP contribution is -2.36. The molecule has 2 saturated heterocycles. The molecule has 0 spiro atoms. The number of nitrogens with one attached hydrogen (secondary N) is 1. The third-order valence-corrected chi connectivity index (χ3v) is 8.41. The number of phosphoric ester groups is 1. The van der Waals surface area contributed by atoms with Gasteiger partial charge in [-0.15, -0.1) is 0 Å². The van der Waals surface area contributed by atoms with Crippen molar-refractivity contribution in [2.45, 2.75) is 49.1 Å². The van der Waals surface area contributed by atoms with Crippen LogP contribution < -0.4 is 17.0 Å². The molecule has 6 heterocycles. The molecule has 0 radical (unpaired) electrons. The number of fused-ring (bicyclic) bond motifs is 2. The molecule has 2 aliphatic heterocycles. The molecule has 23 nitrogen and oxygen atoms in total. The number of nitrogen functional groups attached to an aromatic ring is 2. The number of hydrogen-bond acceptors (Lipinski definition) is 18. The Morgan fingerprint density at radius 1 is 0.978 bits per heavy atom. The van der Waals surface area contributed by atoms with Crippen molar-refractivity contribution in [3.8, 4) is 0 Å². The smallest absolute Gasteiger partial charge is 0.387 e. The van der Waals surface area contributed by atoms with Gasteiger partial charge in [0.1, 0.15) is 42.1 Å². The quantitative estimate of drug-likeness (QED) is 0.0771. The van der Waals surface area contributed by atoms with Crippen LogP contribution in [-0.4, -0.2) is 114 Å². The Balaban J connectivity index is 1.20. The average Bonchev–Trinajstić information content (AvgIpc) is 3.72. The molecule has 0 aromatic carbocycles. The second-order valence-electron chi connectivity index (χ2n) is 9.88. The third kappa shape index (κ3) is 6.08. The maximum atomic E-state index is 13.1. The monoisotopic (exact) mass is 676 g/mol. The Hall–Kier alpha value is -3.44. The van der Waals surface area contributed by atoms with Gasteiger partial charge in [0, 0.05) is 0 Å². The first-order valence-corrected chi connectivity index (χ1v) is 15.6. The summed E-state index contributed by atoms with van der Waals surface area (Å²) in [7, 11) is -8.60. The molecule has 45 heavy (non-hydrogen) atoms. The third-order valence-electron chi connectivity index (χ3n) is 7.01. The van der Waals surface area contributed by atoms with Crippen molar-refractivity contribution in [1.82, 2.24) is 39.0 Å². The predicted octanol–water partition coefficient (Wildman–Crippen LogP) is -3.10. The lowest BCUT2D eigenvalue weighted by atomic mass is 10.1. The Morgan fingerprint density at radius 2 is 1.67 bits per heavy atom. The van der Waals surface area contributed by atoms with E-state index in [0.717, 1.165) is 10.9 Å². The lowest BCUT2D eigenvalue weighted by molar-refractivity contribution is -0.0609. The van der Waals surface area contributed by atoms with E-state index in [-0.39, 0.29) is 28.7 Å². The molecule has 0 aliphatic carbocycles. The van der Waals surface area contributed by atoms with Crippen LogP contribution in [0.5, 0.6) is 0 Å². The van der Waals surface area contributed by atoms with Gasteiger partial charge < -0.3 is 50.6 Å². The molecule has 2 unspecified atom stereocenters. The van der Waals surface area contributed by atoms with Gasteiger partial charge in [0.2, 0.25) is 11.9 Å². The van der Waals surface area contributed by atoms with Gasteiger partial charge in [-0.2, -0.15) is 9.97 Å². The molecule has 2 fully saturated rings. The van der Waals surface area contributed by atoms with Crippen molar-refractivity contribution in [2.24, 2.45) is 0 Å². The fourth-order valence-electron chi connectivity index (χ4n) is 4.95. The number of H-pyrrole nitrogens is 1. The summed E-state index contributed by atoms with van der Waals surface area (Å²) in [6.07, 6.45) is -8.50. The molecule has 2 aliphatic rings. The van der Waals surface area contributed by atoms with Crippen LogP contribution in [-0.2, 0) is 32.2 Å². The summed E-state index contributed by atoms with van der Waals surface area (Å²) in [6, 6.07) is 0. The van der Waals surface area contributed by atoms with Crippen LogP contribution in [0, 0.1) is 0 Å². The highest BCUT2D eigenvalue weighted by atomic mass is 31.2. The van der Waals surface area contributed by atoms with Gasteiger partial charge >= 0.3 is 16.1 Å². The first-order chi connectivity index (χ1) is 21.3. The van der Waals surface area contributed by atoms with Crippen molar-refractivity contribution < 1.29 is 57.3 Å². The summed E-state index contributed by atoms with van der Waals surface area (Å²) in [6.45, 7) is -1.42. The summed E-state index contributed by atoms with van der Waals surface area (Å²) in [5, 5.41) is 32.2. The highest BCUT2D eigenvalue weighted by Crippen LogP contribution is 2.50. The largest absolute Gasteiger partial charge is 0.472 e. The van der Waals surface area contributed by atoms with Gasteiger partial charge in [0.25, 0.3) is 5.56 Å². The summed E-state index contributed by atoms with van der Waals surface area (Å²) >= 11 is 0. The van der Waals surface area contributed by atoms with Crippen molar-refractivity contribution in [2.75, 3.05) is 24.7 Å². The number of nitrogens with zero attached hydrogens (tertiary/aromatic N) is 7. The van der Waals surface area contributed by atoms with Gasteiger partial charge in [0.05, 0.1) is 32.1 Å². The van der Waals surface area contributed by atoms with Gasteiger partial charge in [0.15, 0.2) is 29.3 Å². The van der Waals surface area contributed by atoms with Gasteiger partial charge in [-0.05, 0) is 0 Å². The van der Waals surface area contributed by atoms with E-state index in [4.69, 9.17) is 34.9 Å². The number of nitrogens with two attached hydrogens (primary N) is 2. The van der Waals surface area contributed by atoms with Crippen LogP contribution in [0.25, 0.3) is 22.3 Å². The molecule has 0 saturated carbocycles. The van der Waals surface area contributed by atoms with Crippen molar-refractivity contribution in [3.63, 3.8) is 0 Å². The zero-order chi connectivity index (χ0) is 32.2. The second-order valence-corrected chi connectivity index (χ2v) is 12.1. The highest BCUT2D eigenvalue weighted by molar-refractivity contribution is 7.47. The predicted molar refractivity (Wildman–Crippen MR) is 146 cm³/mol. The first kappa shape index (κ1) is 31.5. The highest BCUT2D eigenvalue weighted by Gasteiger charge is 2.51. The van der Waals surface area contributed by atoms with E-state index in [1.165, 1.54) is 17.1 Å². The van der Waals surface area contributed by atoms with Crippen LogP contribution in [0.1, 0.15) is 12.5 Å².